The molecule has 2 rings (SSSR count). The Hall–Kier alpha value is -1.96. The molecule has 1 saturated heterocycles. The monoisotopic (exact) mass is 400 g/mol. The number of hydrogen-bond donors (Lipinski definition) is 2. The molecule has 158 valence electrons. The molecule has 28 heavy (non-hydrogen) atoms. The Bertz CT molecular complexity index is 641. The first kappa shape index (κ1) is 22.3. The Morgan fingerprint density at radius 1 is 1.25 bits per heavy atom. The highest BCUT2D eigenvalue weighted by Gasteiger charge is 2.28. The molecule has 1 fully saturated rings. The van der Waals surface area contributed by atoms with Crippen LogP contribution in [0.3, 0.4) is 0 Å². The van der Waals surface area contributed by atoms with Crippen LogP contribution in [0.5, 0.6) is 5.75 Å². The highest BCUT2D eigenvalue weighted by atomic mass is 19.4. The number of halogens is 3. The molecule has 8 heteroatoms. The van der Waals surface area contributed by atoms with Gasteiger partial charge in [-0.05, 0) is 63.9 Å². The van der Waals surface area contributed by atoms with E-state index in [2.05, 4.69) is 27.6 Å². The standard InChI is InChI=1S/C20H31F3N4O/c1-15-4-5-17(18(12-15)28-14-20(21,22)23)13-26-19(24-2)25-9-6-16-7-10-27(3)11-8-16/h4-5,12,16H,6-11,13-14H2,1-3H3,(H2,24,25,26). The summed E-state index contributed by atoms with van der Waals surface area (Å²) in [6.45, 7) is 3.96. The van der Waals surface area contributed by atoms with Gasteiger partial charge in [0.15, 0.2) is 12.6 Å². The van der Waals surface area contributed by atoms with Gasteiger partial charge in [-0.2, -0.15) is 13.2 Å². The minimum Gasteiger partial charge on any atom is -0.484 e. The van der Waals surface area contributed by atoms with Crippen LogP contribution in [-0.4, -0.2) is 57.4 Å². The predicted molar refractivity (Wildman–Crippen MR) is 106 cm³/mol. The fraction of sp³-hybridized carbons (Fsp3) is 0.650. The maximum absolute atomic E-state index is 12.5. The number of aliphatic imine (C=N–C) groups is 1. The summed E-state index contributed by atoms with van der Waals surface area (Å²) < 4.78 is 42.4. The van der Waals surface area contributed by atoms with Gasteiger partial charge in [0.1, 0.15) is 5.75 Å². The van der Waals surface area contributed by atoms with Crippen LogP contribution >= 0.6 is 0 Å². The largest absolute Gasteiger partial charge is 0.484 e. The third-order valence-electron chi connectivity index (χ3n) is 4.97. The van der Waals surface area contributed by atoms with Crippen molar-refractivity contribution in [3.8, 4) is 5.75 Å². The van der Waals surface area contributed by atoms with Crippen molar-refractivity contribution in [3.05, 3.63) is 29.3 Å². The molecule has 0 bridgehead atoms. The maximum atomic E-state index is 12.5. The molecule has 1 aliphatic rings. The molecule has 1 aliphatic heterocycles. The smallest absolute Gasteiger partial charge is 0.422 e. The van der Waals surface area contributed by atoms with Crippen molar-refractivity contribution in [2.45, 2.75) is 38.9 Å². The van der Waals surface area contributed by atoms with Crippen molar-refractivity contribution < 1.29 is 17.9 Å². The van der Waals surface area contributed by atoms with Crippen molar-refractivity contribution in [2.75, 3.05) is 40.3 Å². The van der Waals surface area contributed by atoms with Crippen LogP contribution in [0.25, 0.3) is 0 Å². The second-order valence-electron chi connectivity index (χ2n) is 7.40. The van der Waals surface area contributed by atoms with E-state index in [1.54, 1.807) is 19.2 Å². The van der Waals surface area contributed by atoms with Crippen LogP contribution in [-0.2, 0) is 6.54 Å². The SMILES string of the molecule is CN=C(NCCC1CCN(C)CC1)NCc1ccc(C)cc1OCC(F)(F)F. The third-order valence-corrected chi connectivity index (χ3v) is 4.97. The van der Waals surface area contributed by atoms with Gasteiger partial charge in [0.25, 0.3) is 0 Å². The average molecular weight is 400 g/mol. The molecular weight excluding hydrogens is 369 g/mol. The van der Waals surface area contributed by atoms with E-state index in [0.717, 1.165) is 37.5 Å². The molecule has 0 aliphatic carbocycles. The van der Waals surface area contributed by atoms with Crippen LogP contribution in [0.15, 0.2) is 23.2 Å². The summed E-state index contributed by atoms with van der Waals surface area (Å²) in [4.78, 5) is 6.55. The van der Waals surface area contributed by atoms with E-state index in [1.807, 2.05) is 13.0 Å². The van der Waals surface area contributed by atoms with Gasteiger partial charge in [0.2, 0.25) is 0 Å². The van der Waals surface area contributed by atoms with Crippen molar-refractivity contribution in [1.29, 1.82) is 0 Å². The molecule has 1 aromatic carbocycles. The average Bonchev–Trinajstić information content (AvgIpc) is 2.64. The number of ether oxygens (including phenoxy) is 1. The van der Waals surface area contributed by atoms with E-state index in [9.17, 15) is 13.2 Å². The summed E-state index contributed by atoms with van der Waals surface area (Å²) in [6.07, 6.45) is -0.847. The summed E-state index contributed by atoms with van der Waals surface area (Å²) in [5.41, 5.74) is 1.51. The van der Waals surface area contributed by atoms with E-state index in [1.165, 1.54) is 12.8 Å². The molecule has 1 aromatic rings. The first-order valence-electron chi connectivity index (χ1n) is 9.69. The number of guanidine groups is 1. The van der Waals surface area contributed by atoms with Crippen LogP contribution in [0.1, 0.15) is 30.4 Å². The summed E-state index contributed by atoms with van der Waals surface area (Å²) >= 11 is 0. The summed E-state index contributed by atoms with van der Waals surface area (Å²) in [5, 5.41) is 6.45. The highest BCUT2D eigenvalue weighted by molar-refractivity contribution is 5.79. The molecule has 0 atom stereocenters. The number of likely N-dealkylation sites (tertiary alicyclic amines) is 1. The van der Waals surface area contributed by atoms with Gasteiger partial charge in [0.05, 0.1) is 0 Å². The molecule has 0 saturated carbocycles. The maximum Gasteiger partial charge on any atom is 0.422 e. The second kappa shape index (κ2) is 10.5. The van der Waals surface area contributed by atoms with E-state index >= 15 is 0 Å². The number of benzene rings is 1. The number of nitrogens with one attached hydrogen (secondary N) is 2. The van der Waals surface area contributed by atoms with Gasteiger partial charge in [-0.15, -0.1) is 0 Å². The van der Waals surface area contributed by atoms with Crippen molar-refractivity contribution in [3.63, 3.8) is 0 Å². The Morgan fingerprint density at radius 2 is 1.96 bits per heavy atom. The van der Waals surface area contributed by atoms with Gasteiger partial charge in [-0.3, -0.25) is 4.99 Å². The molecule has 1 heterocycles. The lowest BCUT2D eigenvalue weighted by molar-refractivity contribution is -0.153. The summed E-state index contributed by atoms with van der Waals surface area (Å²) in [5.74, 6) is 1.60. The Morgan fingerprint density at radius 3 is 2.61 bits per heavy atom. The first-order valence-corrected chi connectivity index (χ1v) is 9.69. The van der Waals surface area contributed by atoms with E-state index in [-0.39, 0.29) is 5.75 Å². The molecule has 5 nitrogen and oxygen atoms in total. The van der Waals surface area contributed by atoms with Crippen LogP contribution < -0.4 is 15.4 Å². The highest BCUT2D eigenvalue weighted by Crippen LogP contribution is 2.24. The molecular formula is C20H31F3N4O. The number of nitrogens with zero attached hydrogens (tertiary/aromatic N) is 2. The number of hydrogen-bond acceptors (Lipinski definition) is 3. The van der Waals surface area contributed by atoms with Gasteiger partial charge >= 0.3 is 6.18 Å². The Labute approximate surface area is 165 Å². The number of piperidine rings is 1. The lowest BCUT2D eigenvalue weighted by atomic mass is 9.94. The van der Waals surface area contributed by atoms with Crippen LogP contribution in [0.2, 0.25) is 0 Å². The zero-order valence-electron chi connectivity index (χ0n) is 16.9. The first-order chi connectivity index (χ1) is 13.3. The zero-order valence-corrected chi connectivity index (χ0v) is 16.9. The van der Waals surface area contributed by atoms with E-state index in [0.29, 0.717) is 18.1 Å². The van der Waals surface area contributed by atoms with Gasteiger partial charge in [0, 0.05) is 25.7 Å². The van der Waals surface area contributed by atoms with Gasteiger partial charge < -0.3 is 20.3 Å². The fourth-order valence-corrected chi connectivity index (χ4v) is 3.25. The topological polar surface area (TPSA) is 48.9 Å². The van der Waals surface area contributed by atoms with E-state index in [4.69, 9.17) is 4.74 Å². The van der Waals surface area contributed by atoms with Crippen LogP contribution in [0.4, 0.5) is 13.2 Å². The molecule has 2 N–H and O–H groups in total. The third kappa shape index (κ3) is 7.96. The van der Waals surface area contributed by atoms with Crippen molar-refractivity contribution in [1.82, 2.24) is 15.5 Å². The molecule has 0 radical (unpaired) electrons. The molecule has 0 unspecified atom stereocenters. The minimum absolute atomic E-state index is 0.242. The molecule has 0 spiro atoms. The number of rotatable bonds is 7. The van der Waals surface area contributed by atoms with Gasteiger partial charge in [-0.25, -0.2) is 0 Å². The second-order valence-corrected chi connectivity index (χ2v) is 7.40. The summed E-state index contributed by atoms with van der Waals surface area (Å²) in [6, 6.07) is 5.26. The Kier molecular flexibility index (Phi) is 8.41. The number of alkyl halides is 3. The summed E-state index contributed by atoms with van der Waals surface area (Å²) in [7, 11) is 3.83. The van der Waals surface area contributed by atoms with Gasteiger partial charge in [-0.1, -0.05) is 12.1 Å². The fourth-order valence-electron chi connectivity index (χ4n) is 3.25. The van der Waals surface area contributed by atoms with E-state index < -0.39 is 12.8 Å². The number of aryl methyl sites for hydroxylation is 1. The molecule has 0 amide bonds. The zero-order chi connectivity index (χ0) is 20.6. The normalized spacial score (nSPS) is 16.9. The minimum atomic E-state index is -4.36. The van der Waals surface area contributed by atoms with Crippen LogP contribution in [0, 0.1) is 12.8 Å². The Balaban J connectivity index is 1.82. The van der Waals surface area contributed by atoms with Crippen molar-refractivity contribution in [2.24, 2.45) is 10.9 Å². The van der Waals surface area contributed by atoms with Crippen molar-refractivity contribution >= 4 is 5.96 Å². The lowest BCUT2D eigenvalue weighted by Gasteiger charge is -2.29. The lowest BCUT2D eigenvalue weighted by Crippen LogP contribution is -2.38. The predicted octanol–water partition coefficient (Wildman–Crippen LogP) is 3.33. The molecule has 0 aromatic heterocycles. The quantitative estimate of drug-likeness (QED) is 0.545.